The first-order valence-corrected chi connectivity index (χ1v) is 7.53. The topological polar surface area (TPSA) is 109 Å². The molecule has 0 spiro atoms. The summed E-state index contributed by atoms with van der Waals surface area (Å²) in [5.74, 6) is -1.25. The molecule has 0 atom stereocenters. The molecule has 0 amide bonds. The van der Waals surface area contributed by atoms with Gasteiger partial charge in [-0.3, -0.25) is 0 Å². The van der Waals surface area contributed by atoms with Crippen LogP contribution < -0.4 is 10.5 Å². The van der Waals surface area contributed by atoms with Crippen molar-refractivity contribution in [1.29, 1.82) is 0 Å². The molecule has 0 aliphatic rings. The number of carboxylic acids is 1. The first kappa shape index (κ1) is 15.7. The van der Waals surface area contributed by atoms with Gasteiger partial charge in [-0.2, -0.15) is 0 Å². The van der Waals surface area contributed by atoms with E-state index in [4.69, 9.17) is 21.8 Å². The molecule has 8 heteroatoms. The molecule has 4 N–H and O–H groups in total. The van der Waals surface area contributed by atoms with Crippen LogP contribution in [0.1, 0.15) is 30.1 Å². The normalized spacial score (nSPS) is 11.3. The number of rotatable bonds is 6. The molecule has 106 valence electrons. The predicted octanol–water partition coefficient (Wildman–Crippen LogP) is 1.90. The van der Waals surface area contributed by atoms with Crippen molar-refractivity contribution in [3.63, 3.8) is 0 Å². The molecular formula is C11H15ClN2O4S. The van der Waals surface area contributed by atoms with E-state index in [9.17, 15) is 13.2 Å². The molecule has 0 aliphatic carbocycles. The second-order valence-electron chi connectivity index (χ2n) is 3.97. The third-order valence-corrected chi connectivity index (χ3v) is 3.89. The number of hydrogen-bond donors (Lipinski definition) is 3. The number of sulfonamides is 1. The van der Waals surface area contributed by atoms with Gasteiger partial charge in [0.1, 0.15) is 4.90 Å². The van der Waals surface area contributed by atoms with Crippen LogP contribution in [0, 0.1) is 0 Å². The van der Waals surface area contributed by atoms with E-state index < -0.39 is 20.9 Å². The zero-order valence-electron chi connectivity index (χ0n) is 10.3. The lowest BCUT2D eigenvalue weighted by Gasteiger charge is -2.12. The molecule has 0 heterocycles. The lowest BCUT2D eigenvalue weighted by Crippen LogP contribution is -2.15. The van der Waals surface area contributed by atoms with Crippen LogP contribution in [0.4, 0.5) is 5.69 Å². The van der Waals surface area contributed by atoms with Crippen LogP contribution in [0.3, 0.4) is 0 Å². The van der Waals surface area contributed by atoms with Crippen LogP contribution in [-0.2, 0) is 10.0 Å². The molecule has 1 rings (SSSR count). The molecule has 19 heavy (non-hydrogen) atoms. The molecule has 0 bridgehead atoms. The third-order valence-electron chi connectivity index (χ3n) is 2.44. The molecule has 0 unspecified atom stereocenters. The minimum Gasteiger partial charge on any atom is -0.478 e. The van der Waals surface area contributed by atoms with E-state index in [1.165, 1.54) is 6.07 Å². The first-order chi connectivity index (χ1) is 8.77. The Morgan fingerprint density at radius 1 is 1.47 bits per heavy atom. The van der Waals surface area contributed by atoms with Crippen molar-refractivity contribution in [2.75, 3.05) is 11.9 Å². The molecular weight excluding hydrogens is 292 g/mol. The Balaban J connectivity index is 3.29. The van der Waals surface area contributed by atoms with Crippen LogP contribution in [0.15, 0.2) is 17.0 Å². The second kappa shape index (κ2) is 6.23. The molecule has 0 radical (unpaired) electrons. The predicted molar refractivity (Wildman–Crippen MR) is 73.2 cm³/mol. The van der Waals surface area contributed by atoms with E-state index in [0.29, 0.717) is 6.54 Å². The Morgan fingerprint density at radius 3 is 2.58 bits per heavy atom. The number of benzene rings is 1. The van der Waals surface area contributed by atoms with E-state index in [1.54, 1.807) is 0 Å². The van der Waals surface area contributed by atoms with Crippen LogP contribution in [0.25, 0.3) is 0 Å². The monoisotopic (exact) mass is 306 g/mol. The van der Waals surface area contributed by atoms with Gasteiger partial charge in [0.15, 0.2) is 0 Å². The number of primary sulfonamides is 1. The van der Waals surface area contributed by atoms with Gasteiger partial charge in [0, 0.05) is 6.54 Å². The minimum absolute atomic E-state index is 0.0939. The first-order valence-electron chi connectivity index (χ1n) is 5.61. The molecule has 0 aromatic heterocycles. The van der Waals surface area contributed by atoms with Crippen molar-refractivity contribution in [1.82, 2.24) is 0 Å². The van der Waals surface area contributed by atoms with Gasteiger partial charge in [-0.05, 0) is 18.6 Å². The summed E-state index contributed by atoms with van der Waals surface area (Å²) in [5.41, 5.74) is 0.0615. The SMILES string of the molecule is CCCCNc1cc(C(=O)O)cc(S(N)(=O)=O)c1Cl. The van der Waals surface area contributed by atoms with Crippen molar-refractivity contribution in [3.8, 4) is 0 Å². The zero-order chi connectivity index (χ0) is 14.6. The highest BCUT2D eigenvalue weighted by Crippen LogP contribution is 2.30. The number of carbonyl (C=O) groups is 1. The van der Waals surface area contributed by atoms with E-state index in [0.717, 1.165) is 18.9 Å². The summed E-state index contributed by atoms with van der Waals surface area (Å²) in [4.78, 5) is 10.6. The summed E-state index contributed by atoms with van der Waals surface area (Å²) in [6.45, 7) is 2.55. The number of unbranched alkanes of at least 4 members (excludes halogenated alkanes) is 1. The summed E-state index contributed by atoms with van der Waals surface area (Å²) >= 11 is 5.93. The Labute approximate surface area is 116 Å². The molecule has 0 saturated heterocycles. The fraction of sp³-hybridized carbons (Fsp3) is 0.364. The maximum atomic E-state index is 11.4. The number of anilines is 1. The van der Waals surface area contributed by atoms with Crippen molar-refractivity contribution < 1.29 is 18.3 Å². The van der Waals surface area contributed by atoms with Crippen molar-refractivity contribution in [3.05, 3.63) is 22.7 Å². The quantitative estimate of drug-likeness (QED) is 0.695. The minimum atomic E-state index is -4.08. The maximum Gasteiger partial charge on any atom is 0.335 e. The van der Waals surface area contributed by atoms with Crippen molar-refractivity contribution >= 4 is 33.3 Å². The van der Waals surface area contributed by atoms with E-state index in [1.807, 2.05) is 6.92 Å². The standard InChI is InChI=1S/C11H15ClN2O4S/c1-2-3-4-14-8-5-7(11(15)16)6-9(10(8)12)19(13,17)18/h5-6,14H,2-4H2,1H3,(H,15,16)(H2,13,17,18). The van der Waals surface area contributed by atoms with Crippen LogP contribution >= 0.6 is 11.6 Å². The average molecular weight is 307 g/mol. The molecule has 0 saturated carbocycles. The lowest BCUT2D eigenvalue weighted by atomic mass is 10.2. The van der Waals surface area contributed by atoms with Gasteiger partial charge in [0.2, 0.25) is 10.0 Å². The molecule has 0 fully saturated rings. The Bertz CT molecular complexity index is 587. The zero-order valence-corrected chi connectivity index (χ0v) is 11.9. The number of nitrogens with one attached hydrogen (secondary N) is 1. The highest BCUT2D eigenvalue weighted by Gasteiger charge is 2.19. The summed E-state index contributed by atoms with van der Waals surface area (Å²) in [6.07, 6.45) is 1.78. The number of carboxylic acid groups (broad SMARTS) is 1. The largest absolute Gasteiger partial charge is 0.478 e. The number of nitrogens with two attached hydrogens (primary N) is 1. The van der Waals surface area contributed by atoms with E-state index in [2.05, 4.69) is 5.32 Å². The molecule has 1 aromatic rings. The highest BCUT2D eigenvalue weighted by molar-refractivity contribution is 7.89. The van der Waals surface area contributed by atoms with Gasteiger partial charge in [-0.25, -0.2) is 18.4 Å². The van der Waals surface area contributed by atoms with Gasteiger partial charge in [0.05, 0.1) is 16.3 Å². The fourth-order valence-corrected chi connectivity index (χ4v) is 2.61. The Morgan fingerprint density at radius 2 is 2.11 bits per heavy atom. The lowest BCUT2D eigenvalue weighted by molar-refractivity contribution is 0.0696. The van der Waals surface area contributed by atoms with Crippen LogP contribution in [-0.4, -0.2) is 26.0 Å². The molecule has 0 aliphatic heterocycles. The van der Waals surface area contributed by atoms with Crippen molar-refractivity contribution in [2.24, 2.45) is 5.14 Å². The van der Waals surface area contributed by atoms with Gasteiger partial charge in [-0.1, -0.05) is 24.9 Å². The number of hydrogen-bond acceptors (Lipinski definition) is 4. The fourth-order valence-electron chi connectivity index (χ4n) is 1.46. The van der Waals surface area contributed by atoms with Gasteiger partial charge < -0.3 is 10.4 Å². The van der Waals surface area contributed by atoms with E-state index >= 15 is 0 Å². The third kappa shape index (κ3) is 4.09. The second-order valence-corrected chi connectivity index (χ2v) is 5.87. The molecule has 1 aromatic carbocycles. The average Bonchev–Trinajstić information content (AvgIpc) is 2.29. The van der Waals surface area contributed by atoms with Crippen LogP contribution in [0.2, 0.25) is 5.02 Å². The summed E-state index contributed by atoms with van der Waals surface area (Å²) in [5, 5.41) is 16.8. The number of halogens is 1. The van der Waals surface area contributed by atoms with Gasteiger partial charge in [-0.15, -0.1) is 0 Å². The van der Waals surface area contributed by atoms with Gasteiger partial charge >= 0.3 is 5.97 Å². The smallest absolute Gasteiger partial charge is 0.335 e. The summed E-state index contributed by atoms with van der Waals surface area (Å²) in [6, 6.07) is 2.24. The number of aromatic carboxylic acids is 1. The van der Waals surface area contributed by atoms with Gasteiger partial charge in [0.25, 0.3) is 0 Å². The highest BCUT2D eigenvalue weighted by atomic mass is 35.5. The Kier molecular flexibility index (Phi) is 5.16. The van der Waals surface area contributed by atoms with Crippen molar-refractivity contribution in [2.45, 2.75) is 24.7 Å². The Hall–Kier alpha value is -1.31. The summed E-state index contributed by atoms with van der Waals surface area (Å²) in [7, 11) is -4.08. The summed E-state index contributed by atoms with van der Waals surface area (Å²) < 4.78 is 22.8. The van der Waals surface area contributed by atoms with Crippen LogP contribution in [0.5, 0.6) is 0 Å². The molecule has 6 nitrogen and oxygen atoms in total. The van der Waals surface area contributed by atoms with E-state index in [-0.39, 0.29) is 16.3 Å². The maximum absolute atomic E-state index is 11.4.